The van der Waals surface area contributed by atoms with Gasteiger partial charge < -0.3 is 14.6 Å². The van der Waals surface area contributed by atoms with Crippen molar-refractivity contribution in [1.29, 1.82) is 0 Å². The number of rotatable bonds is 7. The van der Waals surface area contributed by atoms with Crippen LogP contribution in [0.3, 0.4) is 0 Å². The van der Waals surface area contributed by atoms with Gasteiger partial charge in [-0.1, -0.05) is 13.8 Å². The molecule has 1 N–H and O–H groups in total. The van der Waals surface area contributed by atoms with Gasteiger partial charge in [-0.2, -0.15) is 0 Å². The molecular weight excluding hydrogens is 156 g/mol. The van der Waals surface area contributed by atoms with Crippen LogP contribution in [-0.4, -0.2) is 37.6 Å². The van der Waals surface area contributed by atoms with E-state index in [0.717, 1.165) is 6.61 Å². The second-order valence-corrected chi connectivity index (χ2v) is 3.39. The fourth-order valence-corrected chi connectivity index (χ4v) is 0.691. The smallest absolute Gasteiger partial charge is 0.0745 e. The molecule has 0 amide bonds. The molecule has 0 saturated heterocycles. The number of hydrogen-bond donors (Lipinski definition) is 1. The molecule has 0 unspecified atom stereocenters. The fraction of sp³-hybridized carbons (Fsp3) is 1.00. The molecule has 0 spiro atoms. The summed E-state index contributed by atoms with van der Waals surface area (Å²) in [6, 6.07) is 0. The van der Waals surface area contributed by atoms with Crippen molar-refractivity contribution in [3.8, 4) is 0 Å². The minimum absolute atomic E-state index is 0.380. The lowest BCUT2D eigenvalue weighted by atomic mass is 10.2. The van der Waals surface area contributed by atoms with Crippen molar-refractivity contribution in [2.24, 2.45) is 5.92 Å². The summed E-state index contributed by atoms with van der Waals surface area (Å²) in [4.78, 5) is 0. The molecule has 74 valence electrons. The lowest BCUT2D eigenvalue weighted by Crippen LogP contribution is -2.14. The van der Waals surface area contributed by atoms with Crippen molar-refractivity contribution in [2.75, 3.05) is 26.4 Å². The molecule has 3 heteroatoms. The molecule has 12 heavy (non-hydrogen) atoms. The highest BCUT2D eigenvalue weighted by Crippen LogP contribution is 1.92. The van der Waals surface area contributed by atoms with Gasteiger partial charge in [0.05, 0.1) is 25.9 Å². The van der Waals surface area contributed by atoms with Gasteiger partial charge in [0.1, 0.15) is 0 Å². The maximum atomic E-state index is 8.83. The Bertz CT molecular complexity index is 79.8. The highest BCUT2D eigenvalue weighted by atomic mass is 16.5. The van der Waals surface area contributed by atoms with E-state index >= 15 is 0 Å². The molecule has 0 aromatic rings. The van der Waals surface area contributed by atoms with Gasteiger partial charge in [-0.3, -0.25) is 0 Å². The maximum absolute atomic E-state index is 8.83. The van der Waals surface area contributed by atoms with Crippen LogP contribution in [0, 0.1) is 5.92 Å². The number of aliphatic hydroxyl groups is 1. The van der Waals surface area contributed by atoms with Crippen LogP contribution in [-0.2, 0) is 9.47 Å². The van der Waals surface area contributed by atoms with Gasteiger partial charge in [0.15, 0.2) is 0 Å². The van der Waals surface area contributed by atoms with Crippen molar-refractivity contribution >= 4 is 0 Å². The number of ether oxygens (including phenoxy) is 2. The Balaban J connectivity index is 2.91. The summed E-state index contributed by atoms with van der Waals surface area (Å²) in [5.74, 6) is 0.571. The molecule has 0 bridgehead atoms. The molecule has 0 fully saturated rings. The molecule has 0 rings (SSSR count). The van der Waals surface area contributed by atoms with Crippen LogP contribution in [0.2, 0.25) is 0 Å². The molecule has 0 heterocycles. The first-order valence-electron chi connectivity index (χ1n) is 4.46. The summed E-state index contributed by atoms with van der Waals surface area (Å²) in [6.07, 6.45) is -0.380. The third kappa shape index (κ3) is 9.88. The lowest BCUT2D eigenvalue weighted by molar-refractivity contribution is 0.00464. The first kappa shape index (κ1) is 11.9. The second kappa shape index (κ2) is 7.53. The number of hydrogen-bond acceptors (Lipinski definition) is 3. The van der Waals surface area contributed by atoms with E-state index in [-0.39, 0.29) is 6.10 Å². The van der Waals surface area contributed by atoms with Crippen LogP contribution in [0.25, 0.3) is 0 Å². The summed E-state index contributed by atoms with van der Waals surface area (Å²) in [6.45, 7) is 8.27. The topological polar surface area (TPSA) is 38.7 Å². The molecular formula is C9H20O3. The highest BCUT2D eigenvalue weighted by molar-refractivity contribution is 4.42. The van der Waals surface area contributed by atoms with E-state index < -0.39 is 0 Å². The van der Waals surface area contributed by atoms with Gasteiger partial charge >= 0.3 is 0 Å². The minimum atomic E-state index is -0.380. The third-order valence-electron chi connectivity index (χ3n) is 1.18. The zero-order chi connectivity index (χ0) is 9.40. The molecule has 0 radical (unpaired) electrons. The predicted octanol–water partition coefficient (Wildman–Crippen LogP) is 1.06. The average Bonchev–Trinajstić information content (AvgIpc) is 1.95. The third-order valence-corrected chi connectivity index (χ3v) is 1.18. The Hall–Kier alpha value is -0.120. The summed E-state index contributed by atoms with van der Waals surface area (Å²) >= 11 is 0. The average molecular weight is 176 g/mol. The summed E-state index contributed by atoms with van der Waals surface area (Å²) in [5, 5.41) is 8.83. The summed E-state index contributed by atoms with van der Waals surface area (Å²) in [7, 11) is 0. The van der Waals surface area contributed by atoms with E-state index in [4.69, 9.17) is 14.6 Å². The van der Waals surface area contributed by atoms with Crippen molar-refractivity contribution in [3.05, 3.63) is 0 Å². The van der Waals surface area contributed by atoms with Gasteiger partial charge in [-0.25, -0.2) is 0 Å². The predicted molar refractivity (Wildman–Crippen MR) is 48.2 cm³/mol. The second-order valence-electron chi connectivity index (χ2n) is 3.39. The van der Waals surface area contributed by atoms with Crippen molar-refractivity contribution < 1.29 is 14.6 Å². The van der Waals surface area contributed by atoms with Crippen LogP contribution in [0.5, 0.6) is 0 Å². The van der Waals surface area contributed by atoms with E-state index in [0.29, 0.717) is 25.7 Å². The van der Waals surface area contributed by atoms with Gasteiger partial charge in [-0.15, -0.1) is 0 Å². The Morgan fingerprint density at radius 2 is 1.50 bits per heavy atom. The Morgan fingerprint density at radius 1 is 1.00 bits per heavy atom. The number of aliphatic hydroxyl groups excluding tert-OH is 1. The standard InChI is InChI=1S/C9H20O3/c1-8(2)6-11-4-5-12-7-9(3)10/h8-10H,4-7H2,1-3H3/t9-/m1/s1. The molecule has 0 aromatic heterocycles. The van der Waals surface area contributed by atoms with E-state index in [1.54, 1.807) is 6.92 Å². The Morgan fingerprint density at radius 3 is 1.92 bits per heavy atom. The van der Waals surface area contributed by atoms with Crippen LogP contribution < -0.4 is 0 Å². The van der Waals surface area contributed by atoms with Crippen LogP contribution in [0.4, 0.5) is 0 Å². The van der Waals surface area contributed by atoms with Gasteiger partial charge in [0.25, 0.3) is 0 Å². The van der Waals surface area contributed by atoms with Crippen LogP contribution in [0.15, 0.2) is 0 Å². The molecule has 0 aliphatic carbocycles. The minimum Gasteiger partial charge on any atom is -0.391 e. The normalized spacial score (nSPS) is 13.8. The molecule has 1 atom stereocenters. The molecule has 0 aliphatic heterocycles. The zero-order valence-electron chi connectivity index (χ0n) is 8.25. The fourth-order valence-electron chi connectivity index (χ4n) is 0.691. The Labute approximate surface area is 74.7 Å². The van der Waals surface area contributed by atoms with Crippen LogP contribution in [0.1, 0.15) is 20.8 Å². The van der Waals surface area contributed by atoms with Crippen molar-refractivity contribution in [2.45, 2.75) is 26.9 Å². The van der Waals surface area contributed by atoms with Crippen molar-refractivity contribution in [1.82, 2.24) is 0 Å². The van der Waals surface area contributed by atoms with Crippen molar-refractivity contribution in [3.63, 3.8) is 0 Å². The van der Waals surface area contributed by atoms with Gasteiger partial charge in [0.2, 0.25) is 0 Å². The SMILES string of the molecule is CC(C)COCCOC[C@@H](C)O. The van der Waals surface area contributed by atoms with Crippen LogP contribution >= 0.6 is 0 Å². The largest absolute Gasteiger partial charge is 0.391 e. The maximum Gasteiger partial charge on any atom is 0.0745 e. The van der Waals surface area contributed by atoms with E-state index in [1.807, 2.05) is 0 Å². The molecule has 3 nitrogen and oxygen atoms in total. The zero-order valence-corrected chi connectivity index (χ0v) is 8.25. The first-order chi connectivity index (χ1) is 5.63. The molecule has 0 saturated carbocycles. The monoisotopic (exact) mass is 176 g/mol. The molecule has 0 aliphatic rings. The quantitative estimate of drug-likeness (QED) is 0.589. The molecule has 0 aromatic carbocycles. The lowest BCUT2D eigenvalue weighted by Gasteiger charge is -2.08. The van der Waals surface area contributed by atoms with E-state index in [2.05, 4.69) is 13.8 Å². The van der Waals surface area contributed by atoms with E-state index in [1.165, 1.54) is 0 Å². The van der Waals surface area contributed by atoms with Gasteiger partial charge in [-0.05, 0) is 12.8 Å². The highest BCUT2D eigenvalue weighted by Gasteiger charge is 1.96. The van der Waals surface area contributed by atoms with E-state index in [9.17, 15) is 0 Å². The first-order valence-corrected chi connectivity index (χ1v) is 4.46. The Kier molecular flexibility index (Phi) is 7.45. The summed E-state index contributed by atoms with van der Waals surface area (Å²) in [5.41, 5.74) is 0. The summed E-state index contributed by atoms with van der Waals surface area (Å²) < 4.78 is 10.4. The van der Waals surface area contributed by atoms with Gasteiger partial charge in [0, 0.05) is 6.61 Å².